The van der Waals surface area contributed by atoms with E-state index in [0.717, 1.165) is 38.8 Å². The molecule has 0 saturated carbocycles. The zero-order valence-corrected chi connectivity index (χ0v) is 13.7. The Morgan fingerprint density at radius 1 is 1.30 bits per heavy atom. The van der Waals surface area contributed by atoms with Gasteiger partial charge in [0.25, 0.3) is 0 Å². The van der Waals surface area contributed by atoms with Crippen molar-refractivity contribution in [1.82, 2.24) is 4.90 Å². The lowest BCUT2D eigenvalue weighted by atomic mass is 9.86. The third-order valence-corrected chi connectivity index (χ3v) is 3.75. The van der Waals surface area contributed by atoms with Crippen molar-refractivity contribution < 1.29 is 14.6 Å². The number of ether oxygens (including phenoxy) is 1. The van der Waals surface area contributed by atoms with Gasteiger partial charge < -0.3 is 14.7 Å². The van der Waals surface area contributed by atoms with Gasteiger partial charge in [0.05, 0.1) is 6.10 Å². The van der Waals surface area contributed by atoms with E-state index in [2.05, 4.69) is 6.92 Å². The van der Waals surface area contributed by atoms with Gasteiger partial charge in [0, 0.05) is 13.1 Å². The van der Waals surface area contributed by atoms with Gasteiger partial charge >= 0.3 is 6.09 Å². The zero-order chi connectivity index (χ0) is 15.3. The Morgan fingerprint density at radius 3 is 2.30 bits per heavy atom. The molecule has 1 amide bonds. The Bertz CT molecular complexity index is 301. The summed E-state index contributed by atoms with van der Waals surface area (Å²) in [5, 5.41) is 9.41. The number of likely N-dealkylation sites (tertiary alicyclic amines) is 1. The fourth-order valence-electron chi connectivity index (χ4n) is 2.93. The van der Waals surface area contributed by atoms with Crippen molar-refractivity contribution in [3.05, 3.63) is 0 Å². The molecule has 0 aromatic rings. The molecule has 1 aliphatic rings. The third kappa shape index (κ3) is 6.60. The minimum Gasteiger partial charge on any atom is -0.444 e. The summed E-state index contributed by atoms with van der Waals surface area (Å²) in [5.74, 6) is 1.22. The highest BCUT2D eigenvalue weighted by Gasteiger charge is 2.27. The first-order valence-corrected chi connectivity index (χ1v) is 7.83. The molecule has 0 radical (unpaired) electrons. The van der Waals surface area contributed by atoms with Crippen molar-refractivity contribution in [2.45, 2.75) is 72.0 Å². The Kier molecular flexibility index (Phi) is 6.31. The van der Waals surface area contributed by atoms with Crippen LogP contribution in [0.2, 0.25) is 0 Å². The molecular weight excluding hydrogens is 254 g/mol. The van der Waals surface area contributed by atoms with Gasteiger partial charge in [0.15, 0.2) is 0 Å². The SMILES string of the molecule is CC(O)CC(C)CC1CCN(C(=O)OC(C)(C)C)CC1. The molecule has 20 heavy (non-hydrogen) atoms. The summed E-state index contributed by atoms with van der Waals surface area (Å²) in [5.41, 5.74) is -0.417. The van der Waals surface area contributed by atoms with Crippen LogP contribution >= 0.6 is 0 Å². The molecule has 0 spiro atoms. The number of carbonyl (C=O) groups excluding carboxylic acids is 1. The highest BCUT2D eigenvalue weighted by atomic mass is 16.6. The monoisotopic (exact) mass is 285 g/mol. The van der Waals surface area contributed by atoms with E-state index in [1.807, 2.05) is 32.6 Å². The molecule has 4 nitrogen and oxygen atoms in total. The van der Waals surface area contributed by atoms with Gasteiger partial charge in [-0.1, -0.05) is 6.92 Å². The molecule has 2 unspecified atom stereocenters. The Hall–Kier alpha value is -0.770. The fraction of sp³-hybridized carbons (Fsp3) is 0.938. The minimum atomic E-state index is -0.417. The van der Waals surface area contributed by atoms with Crippen molar-refractivity contribution in [1.29, 1.82) is 0 Å². The molecule has 0 aromatic carbocycles. The molecule has 1 fully saturated rings. The van der Waals surface area contributed by atoms with Crippen LogP contribution in [0.25, 0.3) is 0 Å². The van der Waals surface area contributed by atoms with Crippen molar-refractivity contribution >= 4 is 6.09 Å². The van der Waals surface area contributed by atoms with Crippen molar-refractivity contribution in [3.8, 4) is 0 Å². The summed E-state index contributed by atoms with van der Waals surface area (Å²) in [6.45, 7) is 11.3. The van der Waals surface area contributed by atoms with Gasteiger partial charge in [-0.3, -0.25) is 0 Å². The van der Waals surface area contributed by atoms with E-state index in [1.165, 1.54) is 0 Å². The van der Waals surface area contributed by atoms with E-state index in [4.69, 9.17) is 4.74 Å². The topological polar surface area (TPSA) is 49.8 Å². The lowest BCUT2D eigenvalue weighted by Crippen LogP contribution is -2.41. The number of hydrogen-bond acceptors (Lipinski definition) is 3. The highest BCUT2D eigenvalue weighted by Crippen LogP contribution is 2.27. The van der Waals surface area contributed by atoms with Crippen molar-refractivity contribution in [2.24, 2.45) is 11.8 Å². The quantitative estimate of drug-likeness (QED) is 0.861. The van der Waals surface area contributed by atoms with Gasteiger partial charge in [-0.15, -0.1) is 0 Å². The molecule has 1 heterocycles. The van der Waals surface area contributed by atoms with Gasteiger partial charge in [0.1, 0.15) is 5.60 Å². The lowest BCUT2D eigenvalue weighted by Gasteiger charge is -2.34. The number of rotatable bonds is 4. The molecule has 2 atom stereocenters. The average Bonchev–Trinajstić information content (AvgIpc) is 2.26. The Morgan fingerprint density at radius 2 is 1.85 bits per heavy atom. The van der Waals surface area contributed by atoms with E-state index < -0.39 is 5.60 Å². The Balaban J connectivity index is 2.31. The number of aliphatic hydroxyl groups is 1. The van der Waals surface area contributed by atoms with Crippen LogP contribution in [0.4, 0.5) is 4.79 Å². The second kappa shape index (κ2) is 7.30. The summed E-state index contributed by atoms with van der Waals surface area (Å²) in [6.07, 6.45) is 3.70. The molecule has 118 valence electrons. The van der Waals surface area contributed by atoms with Crippen LogP contribution in [-0.4, -0.2) is 40.9 Å². The highest BCUT2D eigenvalue weighted by molar-refractivity contribution is 5.68. The summed E-state index contributed by atoms with van der Waals surface area (Å²) >= 11 is 0. The van der Waals surface area contributed by atoms with Crippen LogP contribution < -0.4 is 0 Å². The van der Waals surface area contributed by atoms with Crippen molar-refractivity contribution in [2.75, 3.05) is 13.1 Å². The summed E-state index contributed by atoms with van der Waals surface area (Å²) in [7, 11) is 0. The summed E-state index contributed by atoms with van der Waals surface area (Å²) < 4.78 is 5.40. The second-order valence-corrected chi connectivity index (χ2v) is 7.34. The van der Waals surface area contributed by atoms with E-state index in [1.54, 1.807) is 0 Å². The van der Waals surface area contributed by atoms with E-state index in [0.29, 0.717) is 11.8 Å². The number of amides is 1. The number of piperidine rings is 1. The predicted molar refractivity (Wildman–Crippen MR) is 80.6 cm³/mol. The van der Waals surface area contributed by atoms with E-state index >= 15 is 0 Å². The summed E-state index contributed by atoms with van der Waals surface area (Å²) in [4.78, 5) is 13.8. The first kappa shape index (κ1) is 17.3. The lowest BCUT2D eigenvalue weighted by molar-refractivity contribution is 0.0174. The fourth-order valence-corrected chi connectivity index (χ4v) is 2.93. The number of nitrogens with zero attached hydrogens (tertiary/aromatic N) is 1. The molecule has 1 N–H and O–H groups in total. The predicted octanol–water partition coefficient (Wildman–Crippen LogP) is 3.43. The van der Waals surface area contributed by atoms with Gasteiger partial charge in [0.2, 0.25) is 0 Å². The maximum absolute atomic E-state index is 12.0. The second-order valence-electron chi connectivity index (χ2n) is 7.34. The van der Waals surface area contributed by atoms with E-state index in [9.17, 15) is 9.90 Å². The van der Waals surface area contributed by atoms with Crippen LogP contribution in [0.1, 0.15) is 60.3 Å². The maximum atomic E-state index is 12.0. The van der Waals surface area contributed by atoms with Crippen LogP contribution in [-0.2, 0) is 4.74 Å². The molecule has 0 aliphatic carbocycles. The minimum absolute atomic E-state index is 0.187. The van der Waals surface area contributed by atoms with Crippen LogP contribution in [0.5, 0.6) is 0 Å². The maximum Gasteiger partial charge on any atom is 0.410 e. The van der Waals surface area contributed by atoms with Gasteiger partial charge in [-0.05, 0) is 65.2 Å². The molecule has 4 heteroatoms. The number of carbonyl (C=O) groups is 1. The molecular formula is C16H31NO3. The zero-order valence-electron chi connectivity index (χ0n) is 13.7. The third-order valence-electron chi connectivity index (χ3n) is 3.75. The molecule has 0 bridgehead atoms. The number of aliphatic hydroxyl groups excluding tert-OH is 1. The van der Waals surface area contributed by atoms with E-state index in [-0.39, 0.29) is 12.2 Å². The van der Waals surface area contributed by atoms with Gasteiger partial charge in [-0.2, -0.15) is 0 Å². The molecule has 0 aromatic heterocycles. The normalized spacial score (nSPS) is 20.6. The molecule has 1 aliphatic heterocycles. The van der Waals surface area contributed by atoms with Crippen LogP contribution in [0.3, 0.4) is 0 Å². The first-order valence-electron chi connectivity index (χ1n) is 7.83. The smallest absolute Gasteiger partial charge is 0.410 e. The van der Waals surface area contributed by atoms with Crippen LogP contribution in [0, 0.1) is 11.8 Å². The largest absolute Gasteiger partial charge is 0.444 e. The summed E-state index contributed by atoms with van der Waals surface area (Å²) in [6, 6.07) is 0. The average molecular weight is 285 g/mol. The standard InChI is InChI=1S/C16H31NO3/c1-12(10-13(2)18)11-14-6-8-17(9-7-14)15(19)20-16(3,4)5/h12-14,18H,6-11H2,1-5H3. The Labute approximate surface area is 123 Å². The van der Waals surface area contributed by atoms with Gasteiger partial charge in [-0.25, -0.2) is 4.79 Å². The first-order chi connectivity index (χ1) is 9.17. The van der Waals surface area contributed by atoms with Crippen molar-refractivity contribution in [3.63, 3.8) is 0 Å². The van der Waals surface area contributed by atoms with Crippen LogP contribution in [0.15, 0.2) is 0 Å². The molecule has 1 rings (SSSR count). The molecule has 1 saturated heterocycles. The number of hydrogen-bond donors (Lipinski definition) is 1.